The number of amides is 2. The lowest BCUT2D eigenvalue weighted by atomic mass is 10.1. The largest absolute Gasteiger partial charge is 0.388 e. The molecule has 0 heterocycles. The zero-order valence-electron chi connectivity index (χ0n) is 11.5. The van der Waals surface area contributed by atoms with Crippen LogP contribution in [0.25, 0.3) is 0 Å². The highest BCUT2D eigenvalue weighted by Gasteiger charge is 2.18. The van der Waals surface area contributed by atoms with Crippen molar-refractivity contribution in [1.82, 2.24) is 10.8 Å². The van der Waals surface area contributed by atoms with Gasteiger partial charge in [-0.25, -0.2) is 14.7 Å². The summed E-state index contributed by atoms with van der Waals surface area (Å²) in [6.45, 7) is 4.60. The molecule has 0 spiro atoms. The average Bonchev–Trinajstić information content (AvgIpc) is 2.26. The summed E-state index contributed by atoms with van der Waals surface area (Å²) < 4.78 is 13.6. The molecule has 0 saturated carbocycles. The number of hydroxylamine groups is 1. The number of halogens is 2. The van der Waals surface area contributed by atoms with E-state index in [1.54, 1.807) is 13.0 Å². The molecule has 0 saturated heterocycles. The molecule has 1 aromatic carbocycles. The molecule has 1 unspecified atom stereocenters. The number of carbonyl (C=O) groups is 1. The molecule has 0 fully saturated rings. The van der Waals surface area contributed by atoms with Crippen LogP contribution in [0.1, 0.15) is 32.4 Å². The third kappa shape index (κ3) is 5.32. The van der Waals surface area contributed by atoms with Crippen LogP contribution in [0.2, 0.25) is 5.02 Å². The van der Waals surface area contributed by atoms with Crippen molar-refractivity contribution in [2.45, 2.75) is 32.4 Å². The van der Waals surface area contributed by atoms with Gasteiger partial charge in [0.05, 0.1) is 11.6 Å². The summed E-state index contributed by atoms with van der Waals surface area (Å²) in [6.07, 6.45) is 0. The Balaban J connectivity index is 2.54. The van der Waals surface area contributed by atoms with Gasteiger partial charge in [0.25, 0.3) is 0 Å². The van der Waals surface area contributed by atoms with Crippen molar-refractivity contribution in [3.63, 3.8) is 0 Å². The predicted molar refractivity (Wildman–Crippen MR) is 73.7 cm³/mol. The van der Waals surface area contributed by atoms with Crippen molar-refractivity contribution in [3.05, 3.63) is 34.6 Å². The van der Waals surface area contributed by atoms with E-state index >= 15 is 0 Å². The van der Waals surface area contributed by atoms with Crippen molar-refractivity contribution in [3.8, 4) is 0 Å². The summed E-state index contributed by atoms with van der Waals surface area (Å²) in [5.41, 5.74) is 1.24. The van der Waals surface area contributed by atoms with Gasteiger partial charge in [-0.3, -0.25) is 4.84 Å². The molecule has 0 aliphatic carbocycles. The summed E-state index contributed by atoms with van der Waals surface area (Å²) in [6, 6.07) is 3.01. The Kier molecular flexibility index (Phi) is 5.74. The minimum Gasteiger partial charge on any atom is -0.388 e. The molecule has 0 aliphatic rings. The fourth-order valence-electron chi connectivity index (χ4n) is 1.50. The van der Waals surface area contributed by atoms with Crippen LogP contribution in [-0.4, -0.2) is 23.3 Å². The second kappa shape index (κ2) is 6.88. The van der Waals surface area contributed by atoms with Gasteiger partial charge in [-0.15, -0.1) is 0 Å². The lowest BCUT2D eigenvalue weighted by molar-refractivity contribution is -0.0484. The van der Waals surface area contributed by atoms with Crippen LogP contribution in [0.5, 0.6) is 0 Å². The molecule has 7 heteroatoms. The Labute approximate surface area is 122 Å². The monoisotopic (exact) mass is 304 g/mol. The lowest BCUT2D eigenvalue weighted by Crippen LogP contribution is -2.40. The molecule has 1 aromatic rings. The Morgan fingerprint density at radius 2 is 2.20 bits per heavy atom. The van der Waals surface area contributed by atoms with E-state index in [2.05, 4.69) is 10.8 Å². The van der Waals surface area contributed by atoms with Crippen molar-refractivity contribution in [2.75, 3.05) is 6.61 Å². The van der Waals surface area contributed by atoms with Gasteiger partial charge in [0.1, 0.15) is 12.4 Å². The SMILES string of the molecule is CC(NC(=O)NOCC(C)(C)O)c1c(F)cccc1Cl. The Morgan fingerprint density at radius 3 is 2.75 bits per heavy atom. The number of urea groups is 1. The Morgan fingerprint density at radius 1 is 1.55 bits per heavy atom. The van der Waals surface area contributed by atoms with Crippen molar-refractivity contribution in [1.29, 1.82) is 0 Å². The Bertz CT molecular complexity index is 457. The highest BCUT2D eigenvalue weighted by Crippen LogP contribution is 2.25. The van der Waals surface area contributed by atoms with Crippen molar-refractivity contribution >= 4 is 17.6 Å². The maximum Gasteiger partial charge on any atom is 0.339 e. The van der Waals surface area contributed by atoms with Gasteiger partial charge in [-0.1, -0.05) is 17.7 Å². The van der Waals surface area contributed by atoms with Crippen LogP contribution in [0, 0.1) is 5.82 Å². The molecule has 20 heavy (non-hydrogen) atoms. The standard InChI is InChI=1S/C13H18ClFN2O3/c1-8(11-9(14)5-4-6-10(11)15)16-12(18)17-20-7-13(2,3)19/h4-6,8,19H,7H2,1-3H3,(H2,16,17,18). The maximum absolute atomic E-state index is 13.6. The van der Waals surface area contributed by atoms with Crippen molar-refractivity contribution < 1.29 is 19.1 Å². The molecule has 2 amide bonds. The van der Waals surface area contributed by atoms with E-state index in [4.69, 9.17) is 16.4 Å². The highest BCUT2D eigenvalue weighted by atomic mass is 35.5. The second-order valence-corrected chi connectivity index (χ2v) is 5.44. The van der Waals surface area contributed by atoms with E-state index in [0.29, 0.717) is 0 Å². The van der Waals surface area contributed by atoms with E-state index in [0.717, 1.165) is 0 Å². The number of hydrogen-bond donors (Lipinski definition) is 3. The minimum absolute atomic E-state index is 0.0742. The number of carbonyl (C=O) groups excluding carboxylic acids is 1. The third-order valence-corrected chi connectivity index (χ3v) is 2.70. The molecule has 3 N–H and O–H groups in total. The van der Waals surface area contributed by atoms with Crippen LogP contribution in [0.3, 0.4) is 0 Å². The number of hydrogen-bond acceptors (Lipinski definition) is 3. The maximum atomic E-state index is 13.6. The van der Waals surface area contributed by atoms with E-state index in [9.17, 15) is 14.3 Å². The van der Waals surface area contributed by atoms with E-state index in [-0.39, 0.29) is 17.2 Å². The molecule has 0 bridgehead atoms. The van der Waals surface area contributed by atoms with Gasteiger partial charge >= 0.3 is 6.03 Å². The molecule has 112 valence electrons. The molecule has 1 atom stereocenters. The summed E-state index contributed by atoms with van der Waals surface area (Å²) in [4.78, 5) is 16.4. The first kappa shape index (κ1) is 16.7. The first-order valence-corrected chi connectivity index (χ1v) is 6.43. The molecule has 0 aromatic heterocycles. The first-order valence-electron chi connectivity index (χ1n) is 6.05. The zero-order valence-corrected chi connectivity index (χ0v) is 12.3. The molecule has 1 rings (SSSR count). The first-order chi connectivity index (χ1) is 9.20. The predicted octanol–water partition coefficient (Wildman–Crippen LogP) is 2.54. The molecule has 5 nitrogen and oxygen atoms in total. The van der Waals surface area contributed by atoms with Gasteiger partial charge in [0.15, 0.2) is 0 Å². The molecular formula is C13H18ClFN2O3. The fraction of sp³-hybridized carbons (Fsp3) is 0.462. The summed E-state index contributed by atoms with van der Waals surface area (Å²) >= 11 is 5.90. The van der Waals surface area contributed by atoms with E-state index < -0.39 is 23.5 Å². The van der Waals surface area contributed by atoms with Crippen LogP contribution in [-0.2, 0) is 4.84 Å². The summed E-state index contributed by atoms with van der Waals surface area (Å²) in [7, 11) is 0. The van der Waals surface area contributed by atoms with Crippen LogP contribution < -0.4 is 10.8 Å². The quantitative estimate of drug-likeness (QED) is 0.732. The van der Waals surface area contributed by atoms with Crippen LogP contribution in [0.4, 0.5) is 9.18 Å². The Hall–Kier alpha value is -1.37. The van der Waals surface area contributed by atoms with Crippen LogP contribution in [0.15, 0.2) is 18.2 Å². The summed E-state index contributed by atoms with van der Waals surface area (Å²) in [5, 5.41) is 12.1. The number of aliphatic hydroxyl groups is 1. The van der Waals surface area contributed by atoms with E-state index in [1.165, 1.54) is 26.0 Å². The molecule has 0 radical (unpaired) electrons. The highest BCUT2D eigenvalue weighted by molar-refractivity contribution is 6.31. The van der Waals surface area contributed by atoms with Gasteiger partial charge in [-0.2, -0.15) is 0 Å². The lowest BCUT2D eigenvalue weighted by Gasteiger charge is -2.19. The third-order valence-electron chi connectivity index (χ3n) is 2.37. The van der Waals surface area contributed by atoms with E-state index in [1.807, 2.05) is 0 Å². The normalized spacial score (nSPS) is 12.9. The number of nitrogens with one attached hydrogen (secondary N) is 2. The smallest absolute Gasteiger partial charge is 0.339 e. The van der Waals surface area contributed by atoms with Crippen molar-refractivity contribution in [2.24, 2.45) is 0 Å². The summed E-state index contributed by atoms with van der Waals surface area (Å²) in [5.74, 6) is -0.497. The van der Waals surface area contributed by atoms with Gasteiger partial charge in [-0.05, 0) is 32.9 Å². The van der Waals surface area contributed by atoms with Gasteiger partial charge in [0.2, 0.25) is 0 Å². The minimum atomic E-state index is -1.06. The number of rotatable bonds is 5. The van der Waals surface area contributed by atoms with Gasteiger partial charge in [0, 0.05) is 10.6 Å². The van der Waals surface area contributed by atoms with Crippen LogP contribution >= 0.6 is 11.6 Å². The van der Waals surface area contributed by atoms with Gasteiger partial charge < -0.3 is 10.4 Å². The number of benzene rings is 1. The topological polar surface area (TPSA) is 70.6 Å². The average molecular weight is 305 g/mol. The second-order valence-electron chi connectivity index (χ2n) is 5.03. The fourth-order valence-corrected chi connectivity index (χ4v) is 1.83. The zero-order chi connectivity index (χ0) is 15.3. The molecular weight excluding hydrogens is 287 g/mol. The molecule has 0 aliphatic heterocycles.